The summed E-state index contributed by atoms with van der Waals surface area (Å²) >= 11 is 6.33. The Balaban J connectivity index is 1.77. The van der Waals surface area contributed by atoms with E-state index < -0.39 is 5.97 Å². The number of aromatic carboxylic acids is 1. The van der Waals surface area contributed by atoms with Gasteiger partial charge in [-0.3, -0.25) is 4.79 Å². The Morgan fingerprint density at radius 1 is 1.11 bits per heavy atom. The number of pyridine rings is 1. The van der Waals surface area contributed by atoms with E-state index in [9.17, 15) is 9.59 Å². The lowest BCUT2D eigenvalue weighted by Gasteiger charge is -2.15. The van der Waals surface area contributed by atoms with Gasteiger partial charge in [-0.2, -0.15) is 0 Å². The predicted molar refractivity (Wildman–Crippen MR) is 108 cm³/mol. The van der Waals surface area contributed by atoms with Crippen molar-refractivity contribution < 1.29 is 14.6 Å². The van der Waals surface area contributed by atoms with Crippen molar-refractivity contribution >= 4 is 17.6 Å². The summed E-state index contributed by atoms with van der Waals surface area (Å²) in [6.07, 6.45) is 0.567. The molecule has 0 unspecified atom stereocenters. The van der Waals surface area contributed by atoms with Crippen molar-refractivity contribution in [3.05, 3.63) is 98.4 Å². The number of aromatic nitrogens is 1. The molecule has 1 N–H and O–H groups in total. The SMILES string of the molecule is Cc1cccc(OCc2c(Cl)ccc(=O)n2CCc2ccc(C(=O)O)cc2)c1. The quantitative estimate of drug-likeness (QED) is 0.644. The van der Waals surface area contributed by atoms with Gasteiger partial charge in [-0.15, -0.1) is 0 Å². The average Bonchev–Trinajstić information content (AvgIpc) is 2.68. The van der Waals surface area contributed by atoms with Crippen molar-refractivity contribution in [2.75, 3.05) is 0 Å². The molecule has 0 fully saturated rings. The van der Waals surface area contributed by atoms with E-state index >= 15 is 0 Å². The van der Waals surface area contributed by atoms with Gasteiger partial charge in [0.1, 0.15) is 12.4 Å². The van der Waals surface area contributed by atoms with Crippen molar-refractivity contribution in [1.29, 1.82) is 0 Å². The predicted octanol–water partition coefficient (Wildman–Crippen LogP) is 4.33. The lowest BCUT2D eigenvalue weighted by molar-refractivity contribution is 0.0697. The van der Waals surface area contributed by atoms with Crippen LogP contribution in [0.15, 0.2) is 65.5 Å². The van der Waals surface area contributed by atoms with Crippen molar-refractivity contribution in [1.82, 2.24) is 4.57 Å². The second-order valence-electron chi connectivity index (χ2n) is 6.48. The summed E-state index contributed by atoms with van der Waals surface area (Å²) < 4.78 is 7.43. The summed E-state index contributed by atoms with van der Waals surface area (Å²) in [5.74, 6) is -0.253. The zero-order valence-electron chi connectivity index (χ0n) is 15.4. The highest BCUT2D eigenvalue weighted by Crippen LogP contribution is 2.19. The van der Waals surface area contributed by atoms with E-state index in [0.29, 0.717) is 29.4 Å². The molecule has 6 heteroatoms. The Morgan fingerprint density at radius 3 is 2.54 bits per heavy atom. The fourth-order valence-corrected chi connectivity index (χ4v) is 3.12. The molecule has 3 aromatic rings. The summed E-state index contributed by atoms with van der Waals surface area (Å²) in [4.78, 5) is 23.3. The molecule has 0 aliphatic rings. The van der Waals surface area contributed by atoms with Crippen molar-refractivity contribution in [2.24, 2.45) is 0 Å². The number of ether oxygens (including phenoxy) is 1. The lowest BCUT2D eigenvalue weighted by Crippen LogP contribution is -2.25. The summed E-state index contributed by atoms with van der Waals surface area (Å²) in [6, 6.07) is 17.3. The van der Waals surface area contributed by atoms with Gasteiger partial charge in [0.15, 0.2) is 0 Å². The van der Waals surface area contributed by atoms with Gasteiger partial charge < -0.3 is 14.4 Å². The zero-order valence-corrected chi connectivity index (χ0v) is 16.1. The first kappa shape index (κ1) is 19.7. The van der Waals surface area contributed by atoms with E-state index in [2.05, 4.69) is 0 Å². The van der Waals surface area contributed by atoms with Crippen LogP contribution in [0.1, 0.15) is 27.2 Å². The maximum atomic E-state index is 12.4. The first-order valence-corrected chi connectivity index (χ1v) is 9.22. The van der Waals surface area contributed by atoms with E-state index in [-0.39, 0.29) is 17.7 Å². The highest BCUT2D eigenvalue weighted by molar-refractivity contribution is 6.31. The Labute approximate surface area is 167 Å². The minimum absolute atomic E-state index is 0.158. The number of carbonyl (C=O) groups is 1. The fourth-order valence-electron chi connectivity index (χ4n) is 2.90. The molecule has 28 heavy (non-hydrogen) atoms. The molecule has 144 valence electrons. The lowest BCUT2D eigenvalue weighted by atomic mass is 10.1. The molecular weight excluding hydrogens is 378 g/mol. The van der Waals surface area contributed by atoms with Gasteiger partial charge in [0, 0.05) is 12.6 Å². The minimum Gasteiger partial charge on any atom is -0.487 e. The van der Waals surface area contributed by atoms with Crippen molar-refractivity contribution in [3.8, 4) is 5.75 Å². The average molecular weight is 398 g/mol. The standard InChI is InChI=1S/C22H20ClNO4/c1-15-3-2-4-18(13-15)28-14-20-19(23)9-10-21(25)24(20)12-11-16-5-7-17(8-6-16)22(26)27/h2-10,13H,11-12,14H2,1H3,(H,26,27). The van der Waals surface area contributed by atoms with Crippen LogP contribution in [0.25, 0.3) is 0 Å². The molecule has 1 heterocycles. The smallest absolute Gasteiger partial charge is 0.335 e. The van der Waals surface area contributed by atoms with Gasteiger partial charge in [0.05, 0.1) is 16.3 Å². The number of benzene rings is 2. The number of aryl methyl sites for hydroxylation is 2. The molecule has 0 atom stereocenters. The van der Waals surface area contributed by atoms with Crippen LogP contribution in [0.5, 0.6) is 5.75 Å². The Kier molecular flexibility index (Phi) is 6.16. The van der Waals surface area contributed by atoms with Gasteiger partial charge in [0.2, 0.25) is 0 Å². The molecule has 5 nitrogen and oxygen atoms in total. The molecule has 0 bridgehead atoms. The molecule has 2 aromatic carbocycles. The number of hydrogen-bond donors (Lipinski definition) is 1. The van der Waals surface area contributed by atoms with E-state index in [1.807, 2.05) is 31.2 Å². The van der Waals surface area contributed by atoms with Crippen LogP contribution in [-0.2, 0) is 19.6 Å². The van der Waals surface area contributed by atoms with E-state index in [4.69, 9.17) is 21.4 Å². The topological polar surface area (TPSA) is 68.5 Å². The molecule has 3 rings (SSSR count). The van der Waals surface area contributed by atoms with Gasteiger partial charge >= 0.3 is 5.97 Å². The van der Waals surface area contributed by atoms with Crippen LogP contribution in [0.3, 0.4) is 0 Å². The van der Waals surface area contributed by atoms with Gasteiger partial charge in [0.25, 0.3) is 5.56 Å². The summed E-state index contributed by atoms with van der Waals surface area (Å²) in [7, 11) is 0. The van der Waals surface area contributed by atoms with Crippen LogP contribution >= 0.6 is 11.6 Å². The number of nitrogens with zero attached hydrogens (tertiary/aromatic N) is 1. The van der Waals surface area contributed by atoms with Crippen molar-refractivity contribution in [2.45, 2.75) is 26.5 Å². The molecule has 0 spiro atoms. The Hall–Kier alpha value is -3.05. The molecule has 0 aliphatic heterocycles. The summed E-state index contributed by atoms with van der Waals surface area (Å²) in [5, 5.41) is 9.45. The maximum absolute atomic E-state index is 12.4. The second kappa shape index (κ2) is 8.76. The molecule has 1 aromatic heterocycles. The van der Waals surface area contributed by atoms with Crippen LogP contribution in [-0.4, -0.2) is 15.6 Å². The first-order valence-electron chi connectivity index (χ1n) is 8.84. The third-order valence-corrected chi connectivity index (χ3v) is 4.77. The zero-order chi connectivity index (χ0) is 20.1. The third-order valence-electron chi connectivity index (χ3n) is 4.43. The highest BCUT2D eigenvalue weighted by atomic mass is 35.5. The van der Waals surface area contributed by atoms with Crippen LogP contribution in [0, 0.1) is 6.92 Å². The minimum atomic E-state index is -0.965. The van der Waals surface area contributed by atoms with E-state index in [1.165, 1.54) is 6.07 Å². The number of carboxylic acid groups (broad SMARTS) is 1. The number of halogens is 1. The molecule has 0 saturated carbocycles. The summed E-state index contributed by atoms with van der Waals surface area (Å²) in [6.45, 7) is 2.57. The normalized spacial score (nSPS) is 10.6. The van der Waals surface area contributed by atoms with Crippen LogP contribution < -0.4 is 10.3 Å². The fraction of sp³-hybridized carbons (Fsp3) is 0.182. The van der Waals surface area contributed by atoms with E-state index in [1.54, 1.807) is 34.9 Å². The highest BCUT2D eigenvalue weighted by Gasteiger charge is 2.11. The van der Waals surface area contributed by atoms with Crippen LogP contribution in [0.4, 0.5) is 0 Å². The number of hydrogen-bond acceptors (Lipinski definition) is 3. The first-order chi connectivity index (χ1) is 13.4. The largest absolute Gasteiger partial charge is 0.487 e. The van der Waals surface area contributed by atoms with E-state index in [0.717, 1.165) is 11.1 Å². The third kappa shape index (κ3) is 4.81. The van der Waals surface area contributed by atoms with Crippen LogP contribution in [0.2, 0.25) is 5.02 Å². The Bertz CT molecular complexity index is 1040. The van der Waals surface area contributed by atoms with Gasteiger partial charge in [-0.1, -0.05) is 35.9 Å². The number of rotatable bonds is 7. The maximum Gasteiger partial charge on any atom is 0.335 e. The molecule has 0 radical (unpaired) electrons. The molecule has 0 saturated heterocycles. The van der Waals surface area contributed by atoms with Gasteiger partial charge in [-0.25, -0.2) is 4.79 Å². The number of carboxylic acids is 1. The molecule has 0 aliphatic carbocycles. The van der Waals surface area contributed by atoms with Crippen molar-refractivity contribution in [3.63, 3.8) is 0 Å². The molecule has 0 amide bonds. The monoisotopic (exact) mass is 397 g/mol. The Morgan fingerprint density at radius 2 is 1.86 bits per heavy atom. The second-order valence-corrected chi connectivity index (χ2v) is 6.88. The summed E-state index contributed by atoms with van der Waals surface area (Å²) in [5.41, 5.74) is 2.70. The van der Waals surface area contributed by atoms with Gasteiger partial charge in [-0.05, 0) is 54.8 Å². The molecular formula is C22H20ClNO4.